The summed E-state index contributed by atoms with van der Waals surface area (Å²) < 4.78 is 0. The van der Waals surface area contributed by atoms with Crippen molar-refractivity contribution in [1.29, 1.82) is 0 Å². The second-order valence-corrected chi connectivity index (χ2v) is 5.27. The van der Waals surface area contributed by atoms with E-state index in [2.05, 4.69) is 5.32 Å². The largest absolute Gasteiger partial charge is 0.323 e. The molecule has 0 fully saturated rings. The van der Waals surface area contributed by atoms with Gasteiger partial charge >= 0.3 is 0 Å². The molecule has 0 aromatic heterocycles. The zero-order valence-corrected chi connectivity index (χ0v) is 12.0. The highest BCUT2D eigenvalue weighted by atomic mass is 16.2. The van der Waals surface area contributed by atoms with E-state index in [9.17, 15) is 9.59 Å². The Balaban J connectivity index is 2.04. The van der Waals surface area contributed by atoms with Crippen LogP contribution in [0.1, 0.15) is 21.5 Å². The second kappa shape index (κ2) is 5.05. The SMILES string of the molecule is Cc1ccc(C(=O)N2CC(=O)Nc3ccccc32)c(C)c1. The van der Waals surface area contributed by atoms with Crippen LogP contribution < -0.4 is 10.2 Å². The van der Waals surface area contributed by atoms with E-state index >= 15 is 0 Å². The first-order chi connectivity index (χ1) is 10.1. The van der Waals surface area contributed by atoms with Crippen LogP contribution in [0.2, 0.25) is 0 Å². The first-order valence-corrected chi connectivity index (χ1v) is 6.84. The first kappa shape index (κ1) is 13.4. The van der Waals surface area contributed by atoms with Crippen LogP contribution in [0, 0.1) is 13.8 Å². The number of rotatable bonds is 1. The molecular weight excluding hydrogens is 264 g/mol. The third-order valence-corrected chi connectivity index (χ3v) is 3.63. The van der Waals surface area contributed by atoms with Gasteiger partial charge in [0.05, 0.1) is 11.4 Å². The van der Waals surface area contributed by atoms with Gasteiger partial charge in [0.25, 0.3) is 5.91 Å². The van der Waals surface area contributed by atoms with Crippen molar-refractivity contribution in [2.45, 2.75) is 13.8 Å². The van der Waals surface area contributed by atoms with Crippen molar-refractivity contribution in [2.24, 2.45) is 0 Å². The number of hydrogen-bond donors (Lipinski definition) is 1. The van der Waals surface area contributed by atoms with Gasteiger partial charge in [0.1, 0.15) is 6.54 Å². The third kappa shape index (κ3) is 2.40. The number of carbonyl (C=O) groups is 2. The van der Waals surface area contributed by atoms with Gasteiger partial charge in [0.15, 0.2) is 0 Å². The molecule has 4 nitrogen and oxygen atoms in total. The summed E-state index contributed by atoms with van der Waals surface area (Å²) >= 11 is 0. The summed E-state index contributed by atoms with van der Waals surface area (Å²) in [6.07, 6.45) is 0. The quantitative estimate of drug-likeness (QED) is 0.873. The maximum absolute atomic E-state index is 12.8. The van der Waals surface area contributed by atoms with Gasteiger partial charge in [-0.1, -0.05) is 29.8 Å². The summed E-state index contributed by atoms with van der Waals surface area (Å²) in [6, 6.07) is 13.1. The van der Waals surface area contributed by atoms with Gasteiger partial charge < -0.3 is 5.32 Å². The lowest BCUT2D eigenvalue weighted by Crippen LogP contribution is -2.42. The molecule has 1 N–H and O–H groups in total. The number of carbonyl (C=O) groups excluding carboxylic acids is 2. The lowest BCUT2D eigenvalue weighted by Gasteiger charge is -2.29. The number of fused-ring (bicyclic) bond motifs is 1. The molecule has 2 amide bonds. The van der Waals surface area contributed by atoms with Crippen molar-refractivity contribution in [3.05, 3.63) is 59.2 Å². The molecule has 1 heterocycles. The summed E-state index contributed by atoms with van der Waals surface area (Å²) in [5, 5.41) is 2.79. The average molecular weight is 280 g/mol. The van der Waals surface area contributed by atoms with Crippen LogP contribution in [-0.4, -0.2) is 18.4 Å². The zero-order valence-electron chi connectivity index (χ0n) is 12.0. The Morgan fingerprint density at radius 2 is 1.90 bits per heavy atom. The Morgan fingerprint density at radius 3 is 2.67 bits per heavy atom. The number of nitrogens with zero attached hydrogens (tertiary/aromatic N) is 1. The molecule has 0 radical (unpaired) electrons. The summed E-state index contributed by atoms with van der Waals surface area (Å²) in [5.74, 6) is -0.318. The van der Waals surface area contributed by atoms with Gasteiger partial charge in [-0.15, -0.1) is 0 Å². The van der Waals surface area contributed by atoms with Gasteiger partial charge in [0, 0.05) is 5.56 Å². The molecule has 0 spiro atoms. The van der Waals surface area contributed by atoms with Crippen LogP contribution in [-0.2, 0) is 4.79 Å². The van der Waals surface area contributed by atoms with Crippen molar-refractivity contribution in [1.82, 2.24) is 0 Å². The smallest absolute Gasteiger partial charge is 0.259 e. The first-order valence-electron chi connectivity index (χ1n) is 6.84. The van der Waals surface area contributed by atoms with E-state index in [1.165, 1.54) is 4.90 Å². The van der Waals surface area contributed by atoms with Gasteiger partial charge in [-0.25, -0.2) is 0 Å². The second-order valence-electron chi connectivity index (χ2n) is 5.27. The highest BCUT2D eigenvalue weighted by Crippen LogP contribution is 2.30. The molecule has 0 bridgehead atoms. The molecule has 1 aliphatic heterocycles. The Hall–Kier alpha value is -2.62. The minimum Gasteiger partial charge on any atom is -0.323 e. The molecule has 106 valence electrons. The van der Waals surface area contributed by atoms with Crippen LogP contribution in [0.25, 0.3) is 0 Å². The molecule has 3 rings (SSSR count). The van der Waals surface area contributed by atoms with Crippen molar-refractivity contribution >= 4 is 23.2 Å². The van der Waals surface area contributed by atoms with Gasteiger partial charge in [0.2, 0.25) is 5.91 Å². The minimum atomic E-state index is -0.174. The molecule has 1 aliphatic rings. The fourth-order valence-corrected chi connectivity index (χ4v) is 2.61. The molecule has 2 aromatic carbocycles. The van der Waals surface area contributed by atoms with Crippen molar-refractivity contribution in [2.75, 3.05) is 16.8 Å². The number of hydrogen-bond acceptors (Lipinski definition) is 2. The molecule has 21 heavy (non-hydrogen) atoms. The fourth-order valence-electron chi connectivity index (χ4n) is 2.61. The Kier molecular flexibility index (Phi) is 3.22. The molecule has 2 aromatic rings. The number of nitrogens with one attached hydrogen (secondary N) is 1. The van der Waals surface area contributed by atoms with E-state index in [1.54, 1.807) is 6.07 Å². The van der Waals surface area contributed by atoms with Crippen molar-refractivity contribution in [3.63, 3.8) is 0 Å². The standard InChI is InChI=1S/C17H16N2O2/c1-11-7-8-13(12(2)9-11)17(21)19-10-16(20)18-14-5-3-4-6-15(14)19/h3-9H,10H2,1-2H3,(H,18,20). The van der Waals surface area contributed by atoms with Crippen LogP contribution in [0.4, 0.5) is 11.4 Å². The van der Waals surface area contributed by atoms with E-state index < -0.39 is 0 Å². The van der Waals surface area contributed by atoms with E-state index in [-0.39, 0.29) is 18.4 Å². The Bertz CT molecular complexity index is 737. The Morgan fingerprint density at radius 1 is 1.14 bits per heavy atom. The maximum atomic E-state index is 12.8. The Labute approximate surface area is 123 Å². The topological polar surface area (TPSA) is 49.4 Å². The van der Waals surface area contributed by atoms with E-state index in [0.29, 0.717) is 11.3 Å². The zero-order chi connectivity index (χ0) is 15.0. The number of aryl methyl sites for hydroxylation is 2. The van der Waals surface area contributed by atoms with Crippen LogP contribution in [0.5, 0.6) is 0 Å². The van der Waals surface area contributed by atoms with Crippen molar-refractivity contribution in [3.8, 4) is 0 Å². The third-order valence-electron chi connectivity index (χ3n) is 3.63. The maximum Gasteiger partial charge on any atom is 0.259 e. The summed E-state index contributed by atoms with van der Waals surface area (Å²) in [4.78, 5) is 26.1. The van der Waals surface area contributed by atoms with E-state index in [1.807, 2.05) is 50.2 Å². The minimum absolute atomic E-state index is 0.0448. The van der Waals surface area contributed by atoms with Gasteiger partial charge in [-0.2, -0.15) is 0 Å². The predicted molar refractivity (Wildman–Crippen MR) is 82.7 cm³/mol. The van der Waals surface area contributed by atoms with Gasteiger partial charge in [-0.3, -0.25) is 14.5 Å². The van der Waals surface area contributed by atoms with E-state index in [0.717, 1.165) is 16.8 Å². The van der Waals surface area contributed by atoms with Gasteiger partial charge in [-0.05, 0) is 37.6 Å². The fraction of sp³-hybridized carbons (Fsp3) is 0.176. The number of benzene rings is 2. The van der Waals surface area contributed by atoms with Crippen molar-refractivity contribution < 1.29 is 9.59 Å². The molecule has 4 heteroatoms. The molecule has 0 atom stereocenters. The predicted octanol–water partition coefficient (Wildman–Crippen LogP) is 2.90. The van der Waals surface area contributed by atoms with Crippen LogP contribution in [0.15, 0.2) is 42.5 Å². The summed E-state index contributed by atoms with van der Waals surface area (Å²) in [6.45, 7) is 3.95. The summed E-state index contributed by atoms with van der Waals surface area (Å²) in [5.41, 5.74) is 4.07. The molecule has 0 saturated heterocycles. The highest BCUT2D eigenvalue weighted by Gasteiger charge is 2.27. The van der Waals surface area contributed by atoms with Crippen LogP contribution in [0.3, 0.4) is 0 Å². The number of anilines is 2. The molecule has 0 aliphatic carbocycles. The number of amides is 2. The number of para-hydroxylation sites is 2. The molecule has 0 unspecified atom stereocenters. The van der Waals surface area contributed by atoms with Crippen LogP contribution >= 0.6 is 0 Å². The summed E-state index contributed by atoms with van der Waals surface area (Å²) in [7, 11) is 0. The molecular formula is C17H16N2O2. The lowest BCUT2D eigenvalue weighted by molar-refractivity contribution is -0.115. The lowest BCUT2D eigenvalue weighted by atomic mass is 10.0. The van der Waals surface area contributed by atoms with E-state index in [4.69, 9.17) is 0 Å². The highest BCUT2D eigenvalue weighted by molar-refractivity contribution is 6.15. The molecule has 0 saturated carbocycles. The normalized spacial score (nSPS) is 13.6. The monoisotopic (exact) mass is 280 g/mol. The average Bonchev–Trinajstić information content (AvgIpc) is 2.45.